The Kier molecular flexibility index (Phi) is 2.60. The summed E-state index contributed by atoms with van der Waals surface area (Å²) in [7, 11) is -0.0483. The molecule has 42 valence electrons. The van der Waals surface area contributed by atoms with Gasteiger partial charge in [0.25, 0.3) is 0 Å². The van der Waals surface area contributed by atoms with E-state index >= 15 is 0 Å². The highest BCUT2D eigenvalue weighted by molar-refractivity contribution is 5.75. The van der Waals surface area contributed by atoms with Crippen molar-refractivity contribution in [1.29, 1.82) is 0 Å². The quantitative estimate of drug-likeness (QED) is 0.490. The van der Waals surface area contributed by atoms with Gasteiger partial charge in [-0.1, -0.05) is 0 Å². The fourth-order valence-corrected chi connectivity index (χ4v) is 0.216. The Bertz CT molecular complexity index is 72.8. The second-order valence-electron chi connectivity index (χ2n) is 1.36. The zero-order valence-corrected chi connectivity index (χ0v) is 4.44. The first-order valence-electron chi connectivity index (χ1n) is 2.84. The molecular weight excluding hydrogens is 92.1 g/mol. The third-order valence-corrected chi connectivity index (χ3v) is 0.598. The van der Waals surface area contributed by atoms with Gasteiger partial charge in [0.15, 0.2) is 0 Å². The average molecular weight is 104 g/mol. The van der Waals surface area contributed by atoms with Crippen molar-refractivity contribution < 1.29 is 10.9 Å². The standard InChI is InChI=1S/C5H10O2/c1-5(6)3-4-7-2/h3-4H2,1-2H3/i2T. The molecule has 0 aromatic rings. The van der Waals surface area contributed by atoms with Crippen molar-refractivity contribution in [1.82, 2.24) is 0 Å². The Morgan fingerprint density at radius 3 is 3.14 bits per heavy atom. The van der Waals surface area contributed by atoms with Gasteiger partial charge in [-0.3, -0.25) is 4.79 Å². The second kappa shape index (κ2) is 3.81. The zero-order valence-electron chi connectivity index (χ0n) is 5.44. The Balaban J connectivity index is 2.82. The number of ether oxygens (including phenoxy) is 1. The SMILES string of the molecule is [3H]COCCC(C)=O. The van der Waals surface area contributed by atoms with E-state index in [2.05, 4.69) is 4.74 Å². The van der Waals surface area contributed by atoms with E-state index in [4.69, 9.17) is 1.37 Å². The van der Waals surface area contributed by atoms with E-state index in [9.17, 15) is 4.79 Å². The highest BCUT2D eigenvalue weighted by Crippen LogP contribution is 1.79. The maximum absolute atomic E-state index is 10.2. The number of hydrogen-bond acceptors (Lipinski definition) is 2. The van der Waals surface area contributed by atoms with Gasteiger partial charge in [0.05, 0.1) is 7.98 Å². The topological polar surface area (TPSA) is 26.3 Å². The van der Waals surface area contributed by atoms with E-state index in [-0.39, 0.29) is 12.9 Å². The minimum absolute atomic E-state index is 0.0483. The van der Waals surface area contributed by atoms with Crippen LogP contribution >= 0.6 is 0 Å². The molecule has 0 N–H and O–H groups in total. The molecule has 0 radical (unpaired) electrons. The zero-order chi connectivity index (χ0) is 6.41. The molecule has 0 rings (SSSR count). The lowest BCUT2D eigenvalue weighted by atomic mass is 10.3. The van der Waals surface area contributed by atoms with Gasteiger partial charge >= 0.3 is 0 Å². The van der Waals surface area contributed by atoms with Gasteiger partial charge in [-0.15, -0.1) is 0 Å². The minimum atomic E-state index is -0.0483. The van der Waals surface area contributed by atoms with Gasteiger partial charge < -0.3 is 4.74 Å². The predicted octanol–water partition coefficient (Wildman–Crippen LogP) is 0.612. The van der Waals surface area contributed by atoms with Crippen molar-refractivity contribution in [3.63, 3.8) is 0 Å². The molecule has 0 aliphatic carbocycles. The van der Waals surface area contributed by atoms with Crippen LogP contribution in [0.15, 0.2) is 0 Å². The summed E-state index contributed by atoms with van der Waals surface area (Å²) in [5.41, 5.74) is 0. The van der Waals surface area contributed by atoms with Crippen LogP contribution in [0, 0.1) is 0 Å². The van der Waals surface area contributed by atoms with Crippen molar-refractivity contribution in [3.05, 3.63) is 0 Å². The Morgan fingerprint density at radius 2 is 2.71 bits per heavy atom. The molecule has 0 unspecified atom stereocenters. The van der Waals surface area contributed by atoms with Gasteiger partial charge in [0.2, 0.25) is 0 Å². The summed E-state index contributed by atoms with van der Waals surface area (Å²) < 4.78 is 11.1. The number of rotatable bonds is 3. The number of carbonyl (C=O) groups is 1. The molecule has 0 aliphatic rings. The van der Waals surface area contributed by atoms with Crippen LogP contribution in [0.25, 0.3) is 0 Å². The Hall–Kier alpha value is -0.370. The third-order valence-electron chi connectivity index (χ3n) is 0.598. The highest BCUT2D eigenvalue weighted by atomic mass is 16.5. The van der Waals surface area contributed by atoms with Crippen LogP contribution in [0.5, 0.6) is 0 Å². The van der Waals surface area contributed by atoms with Gasteiger partial charge in [-0.25, -0.2) is 0 Å². The monoisotopic (exact) mass is 104 g/mol. The number of hydrogen-bond donors (Lipinski definition) is 0. The van der Waals surface area contributed by atoms with Crippen molar-refractivity contribution in [3.8, 4) is 0 Å². The summed E-state index contributed by atoms with van der Waals surface area (Å²) in [6, 6.07) is 0. The molecule has 0 atom stereocenters. The first-order chi connectivity index (χ1) is 3.77. The normalized spacial score (nSPS) is 10.7. The molecule has 0 aromatic heterocycles. The third kappa shape index (κ3) is 5.63. The summed E-state index contributed by atoms with van der Waals surface area (Å²) in [6.07, 6.45) is 0.429. The summed E-state index contributed by atoms with van der Waals surface area (Å²) in [5, 5.41) is 0. The van der Waals surface area contributed by atoms with E-state index < -0.39 is 0 Å². The molecule has 0 aliphatic heterocycles. The number of methoxy groups -OCH3 is 1. The van der Waals surface area contributed by atoms with Crippen LogP contribution in [-0.2, 0) is 9.53 Å². The summed E-state index contributed by atoms with van der Waals surface area (Å²) in [5.74, 6) is 0.110. The molecule has 2 nitrogen and oxygen atoms in total. The second-order valence-corrected chi connectivity index (χ2v) is 1.36. The predicted molar refractivity (Wildman–Crippen MR) is 27.2 cm³/mol. The van der Waals surface area contributed by atoms with Crippen molar-refractivity contribution in [2.45, 2.75) is 13.3 Å². The van der Waals surface area contributed by atoms with Crippen LogP contribution in [0.3, 0.4) is 0 Å². The molecule has 0 saturated carbocycles. The fourth-order valence-electron chi connectivity index (χ4n) is 0.216. The highest BCUT2D eigenvalue weighted by Gasteiger charge is 1.87. The first-order valence-corrected chi connectivity index (χ1v) is 2.14. The minimum Gasteiger partial charge on any atom is -0.384 e. The maximum Gasteiger partial charge on any atom is 0.132 e. The van der Waals surface area contributed by atoms with E-state index in [1.54, 1.807) is 0 Å². The number of Topliss-reactive ketones (excluding diaryl/α,β-unsaturated/α-hetero) is 1. The van der Waals surface area contributed by atoms with Crippen molar-refractivity contribution >= 4 is 5.78 Å². The van der Waals surface area contributed by atoms with E-state index in [1.165, 1.54) is 6.92 Å². The molecule has 2 heteroatoms. The lowest BCUT2D eigenvalue weighted by Crippen LogP contribution is -1.95. The lowest BCUT2D eigenvalue weighted by molar-refractivity contribution is -0.117. The molecular formula is C5H10O2. The molecule has 0 aromatic carbocycles. The van der Waals surface area contributed by atoms with E-state index in [1.807, 2.05) is 0 Å². The maximum atomic E-state index is 10.2. The Labute approximate surface area is 44.9 Å². The van der Waals surface area contributed by atoms with Gasteiger partial charge in [0.1, 0.15) is 5.78 Å². The van der Waals surface area contributed by atoms with Crippen LogP contribution < -0.4 is 0 Å². The molecule has 0 amide bonds. The molecule has 0 saturated heterocycles. The van der Waals surface area contributed by atoms with Gasteiger partial charge in [-0.2, -0.15) is 0 Å². The average Bonchev–Trinajstić information content (AvgIpc) is 1.66. The van der Waals surface area contributed by atoms with Crippen molar-refractivity contribution in [2.24, 2.45) is 0 Å². The molecule has 0 fully saturated rings. The van der Waals surface area contributed by atoms with E-state index in [0.29, 0.717) is 13.0 Å². The molecule has 0 spiro atoms. The van der Waals surface area contributed by atoms with Crippen LogP contribution in [0.2, 0.25) is 0 Å². The molecule has 0 bridgehead atoms. The summed E-state index contributed by atoms with van der Waals surface area (Å²) >= 11 is 0. The van der Waals surface area contributed by atoms with Crippen molar-refractivity contribution in [2.75, 3.05) is 13.7 Å². The van der Waals surface area contributed by atoms with Crippen LogP contribution in [0.1, 0.15) is 14.7 Å². The molecule has 0 heterocycles. The Morgan fingerprint density at radius 1 is 2.00 bits per heavy atom. The first kappa shape index (κ1) is 4.78. The number of carbonyl (C=O) groups excluding carboxylic acids is 1. The fraction of sp³-hybridized carbons (Fsp3) is 0.800. The van der Waals surface area contributed by atoms with E-state index in [0.717, 1.165) is 0 Å². The summed E-state index contributed by atoms with van der Waals surface area (Å²) in [6.45, 7) is 1.89. The summed E-state index contributed by atoms with van der Waals surface area (Å²) in [4.78, 5) is 10.2. The largest absolute Gasteiger partial charge is 0.384 e. The van der Waals surface area contributed by atoms with Crippen LogP contribution in [-0.4, -0.2) is 19.5 Å². The van der Waals surface area contributed by atoms with Gasteiger partial charge in [0, 0.05) is 13.5 Å². The van der Waals surface area contributed by atoms with Gasteiger partial charge in [-0.05, 0) is 6.92 Å². The molecule has 7 heavy (non-hydrogen) atoms. The lowest BCUT2D eigenvalue weighted by Gasteiger charge is -1.89. The number of ketones is 1. The smallest absolute Gasteiger partial charge is 0.132 e. The van der Waals surface area contributed by atoms with Crippen LogP contribution in [0.4, 0.5) is 0 Å².